The van der Waals surface area contributed by atoms with Crippen molar-refractivity contribution in [3.63, 3.8) is 0 Å². The molecule has 0 amide bonds. The van der Waals surface area contributed by atoms with Crippen LogP contribution in [0, 0.1) is 6.92 Å². The van der Waals surface area contributed by atoms with Crippen LogP contribution in [0.2, 0.25) is 0 Å². The molecule has 4 heteroatoms. The second-order valence-corrected chi connectivity index (χ2v) is 4.60. The smallest absolute Gasteiger partial charge is 0.178 e. The summed E-state index contributed by atoms with van der Waals surface area (Å²) in [6.07, 6.45) is 3.71. The van der Waals surface area contributed by atoms with Crippen LogP contribution in [0.1, 0.15) is 12.5 Å². The van der Waals surface area contributed by atoms with Crippen molar-refractivity contribution in [1.82, 2.24) is 9.97 Å². The summed E-state index contributed by atoms with van der Waals surface area (Å²) in [6.45, 7) is 4.28. The molecule has 0 spiro atoms. The van der Waals surface area contributed by atoms with Crippen LogP contribution >= 0.6 is 0 Å². The summed E-state index contributed by atoms with van der Waals surface area (Å²) in [6, 6.07) is 8.37. The van der Waals surface area contributed by atoms with E-state index >= 15 is 0 Å². The molecule has 1 aliphatic heterocycles. The summed E-state index contributed by atoms with van der Waals surface area (Å²) < 4.78 is 0. The van der Waals surface area contributed by atoms with Crippen molar-refractivity contribution in [1.29, 1.82) is 0 Å². The number of aromatic nitrogens is 2. The van der Waals surface area contributed by atoms with Gasteiger partial charge in [-0.3, -0.25) is 0 Å². The van der Waals surface area contributed by atoms with Crippen LogP contribution in [-0.2, 0) is 0 Å². The van der Waals surface area contributed by atoms with Crippen molar-refractivity contribution in [2.24, 2.45) is 0 Å². The highest BCUT2D eigenvalue weighted by Gasteiger charge is 2.34. The Morgan fingerprint density at radius 1 is 1.06 bits per heavy atom. The average Bonchev–Trinajstić information content (AvgIpc) is 2.64. The zero-order valence-electron chi connectivity index (χ0n) is 10.8. The Morgan fingerprint density at radius 3 is 2.44 bits per heavy atom. The number of hydrogen-bond donors (Lipinski definition) is 0. The number of para-hydroxylation sites is 1. The summed E-state index contributed by atoms with van der Waals surface area (Å²) in [5, 5.41) is 0. The molecule has 0 fully saturated rings. The second-order valence-electron chi connectivity index (χ2n) is 4.60. The monoisotopic (exact) mass is 240 g/mol. The topological polar surface area (TPSA) is 32.3 Å². The Bertz CT molecular complexity index is 582. The SMILES string of the molecule is Cc1ccccc1N1c2nccnc2N(C)C1C. The van der Waals surface area contributed by atoms with Gasteiger partial charge >= 0.3 is 0 Å². The highest BCUT2D eigenvalue weighted by atomic mass is 15.4. The van der Waals surface area contributed by atoms with Gasteiger partial charge < -0.3 is 9.80 Å². The molecule has 1 unspecified atom stereocenters. The maximum atomic E-state index is 4.48. The summed E-state index contributed by atoms with van der Waals surface area (Å²) in [4.78, 5) is 13.3. The van der Waals surface area contributed by atoms with Crippen molar-refractivity contribution < 1.29 is 0 Å². The van der Waals surface area contributed by atoms with Crippen LogP contribution in [0.25, 0.3) is 0 Å². The zero-order valence-corrected chi connectivity index (χ0v) is 10.8. The Hall–Kier alpha value is -2.10. The lowest BCUT2D eigenvalue weighted by Crippen LogP contribution is -2.36. The maximum Gasteiger partial charge on any atom is 0.178 e. The van der Waals surface area contributed by atoms with Crippen LogP contribution in [0.15, 0.2) is 36.7 Å². The molecule has 0 bridgehead atoms. The van der Waals surface area contributed by atoms with E-state index in [1.165, 1.54) is 11.3 Å². The quantitative estimate of drug-likeness (QED) is 0.767. The highest BCUT2D eigenvalue weighted by Crippen LogP contribution is 2.40. The first kappa shape index (κ1) is 11.0. The lowest BCUT2D eigenvalue weighted by Gasteiger charge is -2.27. The number of hydrogen-bond acceptors (Lipinski definition) is 4. The Balaban J connectivity index is 2.16. The Morgan fingerprint density at radius 2 is 1.72 bits per heavy atom. The summed E-state index contributed by atoms with van der Waals surface area (Å²) >= 11 is 0. The van der Waals surface area contributed by atoms with Crippen LogP contribution in [0.3, 0.4) is 0 Å². The molecule has 1 aromatic carbocycles. The molecule has 18 heavy (non-hydrogen) atoms. The van der Waals surface area contributed by atoms with Gasteiger partial charge in [-0.15, -0.1) is 0 Å². The van der Waals surface area contributed by atoms with Crippen LogP contribution in [0.5, 0.6) is 0 Å². The van der Waals surface area contributed by atoms with Gasteiger partial charge in [0.15, 0.2) is 11.6 Å². The zero-order chi connectivity index (χ0) is 12.7. The number of rotatable bonds is 1. The molecule has 1 aromatic heterocycles. The van der Waals surface area contributed by atoms with Gasteiger partial charge in [0, 0.05) is 25.1 Å². The van der Waals surface area contributed by atoms with E-state index in [2.05, 4.69) is 64.9 Å². The molecule has 0 N–H and O–H groups in total. The molecule has 0 aliphatic carbocycles. The fourth-order valence-corrected chi connectivity index (χ4v) is 2.42. The van der Waals surface area contributed by atoms with Crippen LogP contribution < -0.4 is 9.80 Å². The van der Waals surface area contributed by atoms with E-state index in [1.54, 1.807) is 12.4 Å². The van der Waals surface area contributed by atoms with Crippen molar-refractivity contribution in [3.8, 4) is 0 Å². The molecule has 0 saturated heterocycles. The number of nitrogens with zero attached hydrogens (tertiary/aromatic N) is 4. The van der Waals surface area contributed by atoms with Crippen molar-refractivity contribution in [2.45, 2.75) is 20.0 Å². The lowest BCUT2D eigenvalue weighted by molar-refractivity contribution is 0.726. The van der Waals surface area contributed by atoms with E-state index in [4.69, 9.17) is 0 Å². The van der Waals surface area contributed by atoms with E-state index < -0.39 is 0 Å². The van der Waals surface area contributed by atoms with E-state index in [-0.39, 0.29) is 6.17 Å². The second kappa shape index (κ2) is 3.98. The normalized spacial score (nSPS) is 18.1. The fraction of sp³-hybridized carbons (Fsp3) is 0.286. The third kappa shape index (κ3) is 1.45. The average molecular weight is 240 g/mol. The number of benzene rings is 1. The molecule has 92 valence electrons. The fourth-order valence-electron chi connectivity index (χ4n) is 2.42. The molecule has 0 saturated carbocycles. The third-order valence-corrected chi connectivity index (χ3v) is 3.53. The number of fused-ring (bicyclic) bond motifs is 1. The summed E-state index contributed by atoms with van der Waals surface area (Å²) in [7, 11) is 2.05. The highest BCUT2D eigenvalue weighted by molar-refractivity contribution is 5.78. The van der Waals surface area contributed by atoms with Gasteiger partial charge in [-0.25, -0.2) is 9.97 Å². The lowest BCUT2D eigenvalue weighted by atomic mass is 10.2. The van der Waals surface area contributed by atoms with Gasteiger partial charge in [-0.2, -0.15) is 0 Å². The van der Waals surface area contributed by atoms with Crippen molar-refractivity contribution >= 4 is 17.3 Å². The van der Waals surface area contributed by atoms with Crippen LogP contribution in [-0.4, -0.2) is 23.2 Å². The molecule has 0 radical (unpaired) electrons. The third-order valence-electron chi connectivity index (χ3n) is 3.53. The summed E-state index contributed by atoms with van der Waals surface area (Å²) in [5.74, 6) is 1.87. The predicted octanol–water partition coefficient (Wildman–Crippen LogP) is 2.72. The predicted molar refractivity (Wildman–Crippen MR) is 73.2 cm³/mol. The minimum Gasteiger partial charge on any atom is -0.336 e. The number of aryl methyl sites for hydroxylation is 1. The Kier molecular flexibility index (Phi) is 2.44. The first-order chi connectivity index (χ1) is 8.70. The van der Waals surface area contributed by atoms with Gasteiger partial charge in [0.05, 0.1) is 0 Å². The minimum absolute atomic E-state index is 0.225. The molecular weight excluding hydrogens is 224 g/mol. The molecule has 4 nitrogen and oxygen atoms in total. The van der Waals surface area contributed by atoms with Crippen molar-refractivity contribution in [2.75, 3.05) is 16.8 Å². The van der Waals surface area contributed by atoms with E-state index in [0.717, 1.165) is 11.6 Å². The van der Waals surface area contributed by atoms with E-state index in [1.807, 2.05) is 0 Å². The number of anilines is 3. The van der Waals surface area contributed by atoms with E-state index in [0.29, 0.717) is 0 Å². The maximum absolute atomic E-state index is 4.48. The first-order valence-electron chi connectivity index (χ1n) is 6.09. The molecule has 1 atom stereocenters. The molecule has 3 rings (SSSR count). The van der Waals surface area contributed by atoms with Gasteiger partial charge in [0.2, 0.25) is 0 Å². The minimum atomic E-state index is 0.225. The largest absolute Gasteiger partial charge is 0.336 e. The first-order valence-corrected chi connectivity index (χ1v) is 6.09. The van der Waals surface area contributed by atoms with Gasteiger partial charge in [-0.05, 0) is 25.5 Å². The standard InChI is InChI=1S/C14H16N4/c1-10-6-4-5-7-12(10)18-11(2)17(3)13-14(18)16-9-8-15-13/h4-9,11H,1-3H3. The van der Waals surface area contributed by atoms with Gasteiger partial charge in [0.1, 0.15) is 6.17 Å². The molecular formula is C14H16N4. The van der Waals surface area contributed by atoms with Gasteiger partial charge in [-0.1, -0.05) is 18.2 Å². The Labute approximate surface area is 107 Å². The van der Waals surface area contributed by atoms with E-state index in [9.17, 15) is 0 Å². The molecule has 1 aliphatic rings. The van der Waals surface area contributed by atoms with Gasteiger partial charge in [0.25, 0.3) is 0 Å². The summed E-state index contributed by atoms with van der Waals surface area (Å²) in [5.41, 5.74) is 2.44. The van der Waals surface area contributed by atoms with Crippen LogP contribution in [0.4, 0.5) is 17.3 Å². The molecule has 2 heterocycles. The van der Waals surface area contributed by atoms with Crippen molar-refractivity contribution in [3.05, 3.63) is 42.2 Å². The molecule has 2 aromatic rings.